The highest BCUT2D eigenvalue weighted by Crippen LogP contribution is 2.47. The molecule has 7 heteroatoms. The summed E-state index contributed by atoms with van der Waals surface area (Å²) in [6.45, 7) is 1.85. The van der Waals surface area contributed by atoms with Crippen LogP contribution in [0.5, 0.6) is 5.88 Å². The number of benzene rings is 1. The maximum Gasteiger partial charge on any atom is 0.229 e. The fourth-order valence-corrected chi connectivity index (χ4v) is 3.57. The van der Waals surface area contributed by atoms with Gasteiger partial charge in [-0.05, 0) is 43.3 Å². The average molecular weight is 384 g/mol. The quantitative estimate of drug-likeness (QED) is 0.566. The Morgan fingerprint density at radius 3 is 2.59 bits per heavy atom. The Morgan fingerprint density at radius 1 is 1.10 bits per heavy atom. The van der Waals surface area contributed by atoms with Crippen molar-refractivity contribution in [3.8, 4) is 29.1 Å². The first-order valence-corrected chi connectivity index (χ1v) is 9.03. The van der Waals surface area contributed by atoms with Gasteiger partial charge in [0, 0.05) is 0 Å². The molecule has 0 aliphatic carbocycles. The van der Waals surface area contributed by atoms with Crippen molar-refractivity contribution in [1.29, 1.82) is 5.26 Å². The second kappa shape index (κ2) is 6.46. The predicted molar refractivity (Wildman–Crippen MR) is 104 cm³/mol. The zero-order valence-corrected chi connectivity index (χ0v) is 15.5. The molecule has 1 aromatic carbocycles. The van der Waals surface area contributed by atoms with Gasteiger partial charge in [0.05, 0.1) is 23.4 Å². The first kappa shape index (κ1) is 17.0. The summed E-state index contributed by atoms with van der Waals surface area (Å²) in [5, 5.41) is 14.6. The normalized spacial score (nSPS) is 15.7. The van der Waals surface area contributed by atoms with Crippen LogP contribution in [-0.4, -0.2) is 9.78 Å². The van der Waals surface area contributed by atoms with Crippen molar-refractivity contribution in [1.82, 2.24) is 9.78 Å². The standard InChI is InChI=1S/C22H16N4O3/c1-13-9-10-16(28-13)18-15(12-23)21(24)29-22-19(18)20(17-8-5-11-27-17)25-26(22)14-6-3-2-4-7-14/h2-11,18H,24H2,1H3. The summed E-state index contributed by atoms with van der Waals surface area (Å²) in [6, 6.07) is 19.0. The van der Waals surface area contributed by atoms with E-state index in [2.05, 4.69) is 6.07 Å². The van der Waals surface area contributed by atoms with E-state index in [1.165, 1.54) is 0 Å². The summed E-state index contributed by atoms with van der Waals surface area (Å²) < 4.78 is 19.1. The number of aromatic nitrogens is 2. The number of hydrogen-bond donors (Lipinski definition) is 1. The monoisotopic (exact) mass is 384 g/mol. The molecule has 2 N–H and O–H groups in total. The summed E-state index contributed by atoms with van der Waals surface area (Å²) in [5.41, 5.74) is 8.44. The lowest BCUT2D eigenvalue weighted by molar-refractivity contribution is 0.359. The number of para-hydroxylation sites is 1. The Bertz CT molecular complexity index is 1260. The van der Waals surface area contributed by atoms with E-state index in [4.69, 9.17) is 24.4 Å². The summed E-state index contributed by atoms with van der Waals surface area (Å²) in [6.07, 6.45) is 1.58. The smallest absolute Gasteiger partial charge is 0.229 e. The number of ether oxygens (including phenoxy) is 1. The van der Waals surface area contributed by atoms with E-state index in [9.17, 15) is 5.26 Å². The molecule has 0 saturated carbocycles. The predicted octanol–water partition coefficient (Wildman–Crippen LogP) is 4.25. The molecule has 4 heterocycles. The lowest BCUT2D eigenvalue weighted by Gasteiger charge is -2.23. The average Bonchev–Trinajstić information content (AvgIpc) is 3.47. The molecule has 4 aromatic rings. The number of allylic oxidation sites excluding steroid dienone is 1. The zero-order valence-electron chi connectivity index (χ0n) is 15.5. The van der Waals surface area contributed by atoms with Crippen LogP contribution in [0, 0.1) is 18.3 Å². The fraction of sp³-hybridized carbons (Fsp3) is 0.0909. The summed E-state index contributed by atoms with van der Waals surface area (Å²) in [4.78, 5) is 0. The molecule has 1 unspecified atom stereocenters. The van der Waals surface area contributed by atoms with Crippen LogP contribution in [-0.2, 0) is 0 Å². The Morgan fingerprint density at radius 2 is 1.93 bits per heavy atom. The summed E-state index contributed by atoms with van der Waals surface area (Å²) >= 11 is 0. The first-order valence-electron chi connectivity index (χ1n) is 9.03. The Balaban J connectivity index is 1.83. The van der Waals surface area contributed by atoms with Crippen LogP contribution in [0.1, 0.15) is 23.0 Å². The minimum Gasteiger partial charge on any atom is -0.465 e. The third-order valence-electron chi connectivity index (χ3n) is 4.85. The zero-order chi connectivity index (χ0) is 20.0. The van der Waals surface area contributed by atoms with E-state index < -0.39 is 5.92 Å². The SMILES string of the molecule is Cc1ccc(C2C(C#N)=C(N)Oc3c2c(-c2ccco2)nn3-c2ccccc2)o1. The molecule has 7 nitrogen and oxygen atoms in total. The van der Waals surface area contributed by atoms with Crippen molar-refractivity contribution >= 4 is 0 Å². The third kappa shape index (κ3) is 2.62. The highest BCUT2D eigenvalue weighted by atomic mass is 16.5. The second-order valence-corrected chi connectivity index (χ2v) is 6.67. The largest absolute Gasteiger partial charge is 0.465 e. The molecule has 1 aliphatic heterocycles. The molecule has 1 aliphatic rings. The minimum atomic E-state index is -0.560. The molecule has 142 valence electrons. The van der Waals surface area contributed by atoms with Gasteiger partial charge < -0.3 is 19.3 Å². The van der Waals surface area contributed by atoms with Crippen molar-refractivity contribution in [3.63, 3.8) is 0 Å². The summed E-state index contributed by atoms with van der Waals surface area (Å²) in [7, 11) is 0. The van der Waals surface area contributed by atoms with Gasteiger partial charge >= 0.3 is 0 Å². The number of fused-ring (bicyclic) bond motifs is 1. The van der Waals surface area contributed by atoms with Gasteiger partial charge in [0.15, 0.2) is 5.76 Å². The molecule has 1 atom stereocenters. The molecule has 0 fully saturated rings. The minimum absolute atomic E-state index is 0.0297. The second-order valence-electron chi connectivity index (χ2n) is 6.67. The number of nitriles is 1. The van der Waals surface area contributed by atoms with Crippen molar-refractivity contribution < 1.29 is 13.6 Å². The molecule has 0 spiro atoms. The third-order valence-corrected chi connectivity index (χ3v) is 4.85. The molecule has 5 rings (SSSR count). The Hall–Kier alpha value is -4.18. The van der Waals surface area contributed by atoms with Gasteiger partial charge in [0.25, 0.3) is 0 Å². The molecule has 0 bridgehead atoms. The van der Waals surface area contributed by atoms with Gasteiger partial charge in [0.1, 0.15) is 28.9 Å². The van der Waals surface area contributed by atoms with Crippen LogP contribution >= 0.6 is 0 Å². The van der Waals surface area contributed by atoms with E-state index >= 15 is 0 Å². The van der Waals surface area contributed by atoms with Gasteiger partial charge in [-0.3, -0.25) is 0 Å². The number of nitrogens with two attached hydrogens (primary N) is 1. The van der Waals surface area contributed by atoms with Gasteiger partial charge in [-0.15, -0.1) is 0 Å². The van der Waals surface area contributed by atoms with Crippen molar-refractivity contribution in [2.45, 2.75) is 12.8 Å². The van der Waals surface area contributed by atoms with Gasteiger partial charge in [-0.25, -0.2) is 0 Å². The van der Waals surface area contributed by atoms with Crippen LogP contribution in [0.15, 0.2) is 81.2 Å². The molecule has 0 saturated heterocycles. The van der Waals surface area contributed by atoms with Crippen LogP contribution in [0.3, 0.4) is 0 Å². The van der Waals surface area contributed by atoms with E-state index in [1.807, 2.05) is 55.5 Å². The lowest BCUT2D eigenvalue weighted by Crippen LogP contribution is -2.21. The van der Waals surface area contributed by atoms with Gasteiger partial charge in [0.2, 0.25) is 11.8 Å². The highest BCUT2D eigenvalue weighted by Gasteiger charge is 2.39. The van der Waals surface area contributed by atoms with Gasteiger partial charge in [-0.2, -0.15) is 15.0 Å². The first-order chi connectivity index (χ1) is 14.2. The number of hydrogen-bond acceptors (Lipinski definition) is 6. The molecule has 0 radical (unpaired) electrons. The number of furan rings is 2. The van der Waals surface area contributed by atoms with E-state index in [0.717, 1.165) is 11.4 Å². The Kier molecular flexibility index (Phi) is 3.78. The maximum atomic E-state index is 9.81. The highest BCUT2D eigenvalue weighted by molar-refractivity contribution is 5.68. The van der Waals surface area contributed by atoms with Crippen LogP contribution < -0.4 is 10.5 Å². The van der Waals surface area contributed by atoms with Crippen LogP contribution in [0.4, 0.5) is 0 Å². The number of aryl methyl sites for hydroxylation is 1. The molecular weight excluding hydrogens is 368 g/mol. The lowest BCUT2D eigenvalue weighted by atomic mass is 9.87. The van der Waals surface area contributed by atoms with Crippen molar-refractivity contribution in [3.05, 3.63) is 89.4 Å². The van der Waals surface area contributed by atoms with E-state index in [-0.39, 0.29) is 11.5 Å². The Labute approximate surface area is 166 Å². The van der Waals surface area contributed by atoms with Crippen molar-refractivity contribution in [2.75, 3.05) is 0 Å². The number of nitrogens with zero attached hydrogens (tertiary/aromatic N) is 3. The van der Waals surface area contributed by atoms with Crippen LogP contribution in [0.25, 0.3) is 17.1 Å². The molecule has 3 aromatic heterocycles. The fourth-order valence-electron chi connectivity index (χ4n) is 3.57. The van der Waals surface area contributed by atoms with Crippen LogP contribution in [0.2, 0.25) is 0 Å². The number of rotatable bonds is 3. The summed E-state index contributed by atoms with van der Waals surface area (Å²) in [5.74, 6) is 1.78. The molecule has 29 heavy (non-hydrogen) atoms. The van der Waals surface area contributed by atoms with Gasteiger partial charge in [-0.1, -0.05) is 18.2 Å². The molecular formula is C22H16N4O3. The van der Waals surface area contributed by atoms with E-state index in [0.29, 0.717) is 28.7 Å². The van der Waals surface area contributed by atoms with Crippen molar-refractivity contribution in [2.24, 2.45) is 5.73 Å². The maximum absolute atomic E-state index is 9.81. The van der Waals surface area contributed by atoms with E-state index in [1.54, 1.807) is 17.0 Å². The topological polar surface area (TPSA) is 103 Å². The molecule has 0 amide bonds.